The maximum absolute atomic E-state index is 12.1. The molecule has 2 atom stereocenters. The Morgan fingerprint density at radius 1 is 1.21 bits per heavy atom. The van der Waals surface area contributed by atoms with Crippen LogP contribution in [-0.2, 0) is 17.8 Å². The molecule has 29 heavy (non-hydrogen) atoms. The van der Waals surface area contributed by atoms with Crippen molar-refractivity contribution in [1.82, 2.24) is 20.8 Å². The third-order valence-corrected chi connectivity index (χ3v) is 5.36. The molecule has 0 aliphatic carbocycles. The average Bonchev–Trinajstić information content (AvgIpc) is 3.38. The first-order valence-corrected chi connectivity index (χ1v) is 10.8. The number of rotatable bonds is 11. The van der Waals surface area contributed by atoms with Crippen LogP contribution in [0.4, 0.5) is 0 Å². The highest BCUT2D eigenvalue weighted by atomic mass is 16.5. The minimum absolute atomic E-state index is 0.170. The summed E-state index contributed by atoms with van der Waals surface area (Å²) in [5.41, 5.74) is 1.87. The molecule has 7 nitrogen and oxygen atoms in total. The second-order valence-corrected chi connectivity index (χ2v) is 7.73. The summed E-state index contributed by atoms with van der Waals surface area (Å²) in [4.78, 5) is 16.6. The summed E-state index contributed by atoms with van der Waals surface area (Å²) in [7, 11) is 0. The fraction of sp³-hybridized carbons (Fsp3) is 0.591. The molecular formula is C22H32N4O3. The predicted octanol–water partition coefficient (Wildman–Crippen LogP) is 2.98. The Morgan fingerprint density at radius 3 is 2.69 bits per heavy atom. The van der Waals surface area contributed by atoms with Gasteiger partial charge in [-0.1, -0.05) is 68.4 Å². The smallest absolute Gasteiger partial charge is 0.240 e. The molecule has 2 aromatic rings. The van der Waals surface area contributed by atoms with Crippen molar-refractivity contribution >= 4 is 5.91 Å². The average molecular weight is 401 g/mol. The van der Waals surface area contributed by atoms with Crippen molar-refractivity contribution < 1.29 is 14.4 Å². The molecule has 3 rings (SSSR count). The van der Waals surface area contributed by atoms with Crippen LogP contribution in [-0.4, -0.2) is 39.8 Å². The molecule has 1 aromatic heterocycles. The van der Waals surface area contributed by atoms with Gasteiger partial charge in [-0.2, -0.15) is 4.98 Å². The topological polar surface area (TPSA) is 100 Å². The van der Waals surface area contributed by atoms with E-state index >= 15 is 0 Å². The molecule has 1 amide bonds. The Labute approximate surface area is 172 Å². The molecule has 1 saturated heterocycles. The Kier molecular flexibility index (Phi) is 8.19. The van der Waals surface area contributed by atoms with Crippen LogP contribution >= 0.6 is 0 Å². The molecule has 0 saturated carbocycles. The number of carbonyl (C=O) groups excluding carboxylic acids is 1. The SMILES string of the molecule is CCCCCCCCc1nc(-c2ccc(CNC(=O)[C@H]3NCC[C@@H]3O)cc2)no1. The van der Waals surface area contributed by atoms with Crippen LogP contribution in [0.2, 0.25) is 0 Å². The molecule has 1 aliphatic heterocycles. The number of hydrogen-bond donors (Lipinski definition) is 3. The van der Waals surface area contributed by atoms with E-state index in [-0.39, 0.29) is 5.91 Å². The molecule has 0 radical (unpaired) electrons. The third-order valence-electron chi connectivity index (χ3n) is 5.36. The van der Waals surface area contributed by atoms with Crippen molar-refractivity contribution in [2.75, 3.05) is 6.54 Å². The van der Waals surface area contributed by atoms with E-state index < -0.39 is 12.1 Å². The van der Waals surface area contributed by atoms with Gasteiger partial charge in [-0.3, -0.25) is 4.79 Å². The van der Waals surface area contributed by atoms with Gasteiger partial charge in [0.15, 0.2) is 0 Å². The summed E-state index contributed by atoms with van der Waals surface area (Å²) >= 11 is 0. The zero-order chi connectivity index (χ0) is 20.5. The lowest BCUT2D eigenvalue weighted by Crippen LogP contribution is -2.45. The summed E-state index contributed by atoms with van der Waals surface area (Å²) < 4.78 is 5.37. The van der Waals surface area contributed by atoms with Crippen molar-refractivity contribution in [2.24, 2.45) is 0 Å². The molecule has 1 aromatic carbocycles. The highest BCUT2D eigenvalue weighted by Crippen LogP contribution is 2.18. The lowest BCUT2D eigenvalue weighted by atomic mass is 10.1. The van der Waals surface area contributed by atoms with E-state index in [0.29, 0.717) is 31.2 Å². The number of amides is 1. The summed E-state index contributed by atoms with van der Waals surface area (Å²) in [6, 6.07) is 7.24. The van der Waals surface area contributed by atoms with Gasteiger partial charge in [0.25, 0.3) is 0 Å². The van der Waals surface area contributed by atoms with Gasteiger partial charge in [-0.25, -0.2) is 0 Å². The van der Waals surface area contributed by atoms with Crippen molar-refractivity contribution in [2.45, 2.75) is 77.0 Å². The highest BCUT2D eigenvalue weighted by Gasteiger charge is 2.30. The number of aliphatic hydroxyl groups is 1. The molecule has 0 bridgehead atoms. The fourth-order valence-electron chi connectivity index (χ4n) is 3.56. The minimum Gasteiger partial charge on any atom is -0.391 e. The first-order valence-electron chi connectivity index (χ1n) is 10.8. The summed E-state index contributed by atoms with van der Waals surface area (Å²) in [5.74, 6) is 1.12. The second kappa shape index (κ2) is 11.1. The van der Waals surface area contributed by atoms with Gasteiger partial charge in [-0.15, -0.1) is 0 Å². The minimum atomic E-state index is -0.610. The largest absolute Gasteiger partial charge is 0.391 e. The molecule has 158 valence electrons. The molecule has 0 unspecified atom stereocenters. The Hall–Kier alpha value is -2.25. The predicted molar refractivity (Wildman–Crippen MR) is 111 cm³/mol. The first-order chi connectivity index (χ1) is 14.2. The van der Waals surface area contributed by atoms with E-state index in [1.165, 1.54) is 32.1 Å². The van der Waals surface area contributed by atoms with E-state index in [1.807, 2.05) is 24.3 Å². The fourth-order valence-corrected chi connectivity index (χ4v) is 3.56. The molecule has 0 spiro atoms. The zero-order valence-corrected chi connectivity index (χ0v) is 17.2. The molecule has 7 heteroatoms. The van der Waals surface area contributed by atoms with E-state index in [2.05, 4.69) is 27.7 Å². The van der Waals surface area contributed by atoms with Gasteiger partial charge in [-0.05, 0) is 24.9 Å². The number of unbranched alkanes of at least 4 members (excludes halogenated alkanes) is 5. The first kappa shape index (κ1) is 21.5. The van der Waals surface area contributed by atoms with Gasteiger partial charge in [0.2, 0.25) is 17.6 Å². The van der Waals surface area contributed by atoms with E-state index in [0.717, 1.165) is 24.0 Å². The Balaban J connectivity index is 1.44. The summed E-state index contributed by atoms with van der Waals surface area (Å²) in [6.07, 6.45) is 8.24. The van der Waals surface area contributed by atoms with Crippen LogP contribution in [0.25, 0.3) is 11.4 Å². The van der Waals surface area contributed by atoms with E-state index in [9.17, 15) is 9.90 Å². The second-order valence-electron chi connectivity index (χ2n) is 7.73. The number of benzene rings is 1. The van der Waals surface area contributed by atoms with Gasteiger partial charge in [0, 0.05) is 18.5 Å². The molecular weight excluding hydrogens is 368 g/mol. The number of hydrogen-bond acceptors (Lipinski definition) is 6. The van der Waals surface area contributed by atoms with Crippen molar-refractivity contribution in [1.29, 1.82) is 0 Å². The maximum Gasteiger partial charge on any atom is 0.240 e. The number of aromatic nitrogens is 2. The van der Waals surface area contributed by atoms with E-state index in [4.69, 9.17) is 4.52 Å². The highest BCUT2D eigenvalue weighted by molar-refractivity contribution is 5.82. The van der Waals surface area contributed by atoms with Crippen LogP contribution in [0.5, 0.6) is 0 Å². The lowest BCUT2D eigenvalue weighted by molar-refractivity contribution is -0.124. The number of carbonyl (C=O) groups is 1. The Bertz CT molecular complexity index is 760. The Morgan fingerprint density at radius 2 is 1.97 bits per heavy atom. The van der Waals surface area contributed by atoms with Crippen molar-refractivity contribution in [3.05, 3.63) is 35.7 Å². The van der Waals surface area contributed by atoms with Gasteiger partial charge < -0.3 is 20.3 Å². The zero-order valence-electron chi connectivity index (χ0n) is 17.2. The lowest BCUT2D eigenvalue weighted by Gasteiger charge is -2.14. The van der Waals surface area contributed by atoms with Crippen LogP contribution in [0.1, 0.15) is 63.3 Å². The van der Waals surface area contributed by atoms with Crippen LogP contribution in [0, 0.1) is 0 Å². The summed E-state index contributed by atoms with van der Waals surface area (Å²) in [5, 5.41) is 19.7. The van der Waals surface area contributed by atoms with Crippen molar-refractivity contribution in [3.63, 3.8) is 0 Å². The maximum atomic E-state index is 12.1. The number of nitrogens with one attached hydrogen (secondary N) is 2. The monoisotopic (exact) mass is 400 g/mol. The van der Waals surface area contributed by atoms with Crippen LogP contribution in [0.3, 0.4) is 0 Å². The molecule has 3 N–H and O–H groups in total. The summed E-state index contributed by atoms with van der Waals surface area (Å²) in [6.45, 7) is 3.31. The van der Waals surface area contributed by atoms with Crippen LogP contribution < -0.4 is 10.6 Å². The number of nitrogens with zero attached hydrogens (tertiary/aromatic N) is 2. The normalized spacial score (nSPS) is 18.8. The number of aliphatic hydroxyl groups excluding tert-OH is 1. The molecule has 1 fully saturated rings. The third kappa shape index (κ3) is 6.37. The molecule has 2 heterocycles. The quantitative estimate of drug-likeness (QED) is 0.502. The van der Waals surface area contributed by atoms with Gasteiger partial charge in [0.05, 0.1) is 6.10 Å². The van der Waals surface area contributed by atoms with Crippen LogP contribution in [0.15, 0.2) is 28.8 Å². The number of aryl methyl sites for hydroxylation is 1. The standard InChI is InChI=1S/C22H32N4O3/c1-2-3-4-5-6-7-8-19-25-21(26-29-19)17-11-9-16(10-12-17)15-24-22(28)20-18(27)13-14-23-20/h9-12,18,20,23,27H,2-8,13-15H2,1H3,(H,24,28)/t18-,20-/m0/s1. The van der Waals surface area contributed by atoms with Gasteiger partial charge >= 0.3 is 0 Å². The molecule has 1 aliphatic rings. The van der Waals surface area contributed by atoms with E-state index in [1.54, 1.807) is 0 Å². The van der Waals surface area contributed by atoms with Crippen molar-refractivity contribution in [3.8, 4) is 11.4 Å². The van der Waals surface area contributed by atoms with Gasteiger partial charge in [0.1, 0.15) is 6.04 Å².